The number of nitrogens with zero attached hydrogens (tertiary/aromatic N) is 2. The van der Waals surface area contributed by atoms with Gasteiger partial charge in [0.25, 0.3) is 0 Å². The number of aliphatic hydroxyl groups is 1. The fourth-order valence-electron chi connectivity index (χ4n) is 1.85. The minimum Gasteiger partial charge on any atom is -0.443 e. The van der Waals surface area contributed by atoms with Gasteiger partial charge in [0.2, 0.25) is 0 Å². The highest BCUT2D eigenvalue weighted by molar-refractivity contribution is 5.88. The van der Waals surface area contributed by atoms with Crippen molar-refractivity contribution in [3.05, 3.63) is 24.0 Å². The number of nitrogens with two attached hydrogens (primary N) is 1. The molecule has 1 atom stereocenters. The number of carbonyl (C=O) groups is 1. The van der Waals surface area contributed by atoms with Crippen LogP contribution in [0.1, 0.15) is 39.8 Å². The molecular weight excluding hydrogens is 270 g/mol. The summed E-state index contributed by atoms with van der Waals surface area (Å²) in [6.45, 7) is 7.64. The number of anilines is 1. The Bertz CT molecular complexity index is 454. The molecule has 1 rings (SSSR count). The first-order valence-electron chi connectivity index (χ1n) is 7.06. The maximum atomic E-state index is 12.4. The zero-order valence-electron chi connectivity index (χ0n) is 13.2. The third-order valence-corrected chi connectivity index (χ3v) is 2.87. The molecule has 0 aliphatic carbocycles. The van der Waals surface area contributed by atoms with Crippen LogP contribution in [0.2, 0.25) is 0 Å². The smallest absolute Gasteiger partial charge is 0.415 e. The van der Waals surface area contributed by atoms with Crippen molar-refractivity contribution < 1.29 is 14.6 Å². The molecule has 0 aromatic carbocycles. The molecule has 6 heteroatoms. The van der Waals surface area contributed by atoms with Crippen LogP contribution in [0.25, 0.3) is 0 Å². The number of carbonyl (C=O) groups excluding carboxylic acids is 1. The average Bonchev–Trinajstić information content (AvgIpc) is 2.38. The summed E-state index contributed by atoms with van der Waals surface area (Å²) in [7, 11) is 0. The number of rotatable bonds is 5. The van der Waals surface area contributed by atoms with Crippen molar-refractivity contribution in [1.29, 1.82) is 0 Å². The van der Waals surface area contributed by atoms with Crippen LogP contribution < -0.4 is 10.6 Å². The average molecular weight is 295 g/mol. The number of hydrogen-bond donors (Lipinski definition) is 2. The van der Waals surface area contributed by atoms with Gasteiger partial charge in [0.15, 0.2) is 0 Å². The van der Waals surface area contributed by atoms with E-state index in [-0.39, 0.29) is 12.6 Å². The number of amides is 1. The standard InChI is InChI=1S/C15H25N3O3/c1-11(7-8-19)18(14(20)21-15(2,3)4)13-6-5-12(9-16)17-10-13/h5-6,10-11,19H,7-9,16H2,1-4H3. The zero-order chi connectivity index (χ0) is 16.0. The van der Waals surface area contributed by atoms with Crippen molar-refractivity contribution in [3.63, 3.8) is 0 Å². The molecule has 0 radical (unpaired) electrons. The van der Waals surface area contributed by atoms with E-state index in [2.05, 4.69) is 4.98 Å². The second-order valence-corrected chi connectivity index (χ2v) is 5.92. The third kappa shape index (κ3) is 5.32. The number of aliphatic hydroxyl groups excluding tert-OH is 1. The van der Waals surface area contributed by atoms with Crippen LogP contribution in [-0.4, -0.2) is 34.4 Å². The van der Waals surface area contributed by atoms with E-state index in [4.69, 9.17) is 15.6 Å². The summed E-state index contributed by atoms with van der Waals surface area (Å²) in [6, 6.07) is 3.36. The summed E-state index contributed by atoms with van der Waals surface area (Å²) in [5.74, 6) is 0. The molecule has 1 unspecified atom stereocenters. The van der Waals surface area contributed by atoms with E-state index >= 15 is 0 Å². The van der Waals surface area contributed by atoms with Crippen molar-refractivity contribution in [1.82, 2.24) is 4.98 Å². The van der Waals surface area contributed by atoms with Crippen LogP contribution in [0.15, 0.2) is 18.3 Å². The van der Waals surface area contributed by atoms with Crippen LogP contribution in [0.3, 0.4) is 0 Å². The molecule has 1 heterocycles. The Morgan fingerprint density at radius 3 is 2.57 bits per heavy atom. The minimum atomic E-state index is -0.584. The van der Waals surface area contributed by atoms with E-state index in [1.165, 1.54) is 4.90 Å². The summed E-state index contributed by atoms with van der Waals surface area (Å²) >= 11 is 0. The second-order valence-electron chi connectivity index (χ2n) is 5.92. The number of pyridine rings is 1. The van der Waals surface area contributed by atoms with Crippen molar-refractivity contribution >= 4 is 11.8 Å². The van der Waals surface area contributed by atoms with E-state index in [1.54, 1.807) is 18.3 Å². The molecular formula is C15H25N3O3. The molecule has 6 nitrogen and oxygen atoms in total. The third-order valence-electron chi connectivity index (χ3n) is 2.87. The summed E-state index contributed by atoms with van der Waals surface area (Å²) in [5, 5.41) is 9.12. The first-order valence-corrected chi connectivity index (χ1v) is 7.06. The largest absolute Gasteiger partial charge is 0.443 e. The van der Waals surface area contributed by atoms with E-state index in [0.717, 1.165) is 5.69 Å². The highest BCUT2D eigenvalue weighted by atomic mass is 16.6. The molecule has 0 fully saturated rings. The Labute approximate surface area is 125 Å². The van der Waals surface area contributed by atoms with Crippen LogP contribution >= 0.6 is 0 Å². The first kappa shape index (κ1) is 17.4. The highest BCUT2D eigenvalue weighted by Gasteiger charge is 2.27. The predicted molar refractivity (Wildman–Crippen MR) is 82.0 cm³/mol. The van der Waals surface area contributed by atoms with Gasteiger partial charge in [0.05, 0.1) is 17.6 Å². The monoisotopic (exact) mass is 295 g/mol. The van der Waals surface area contributed by atoms with Gasteiger partial charge in [-0.15, -0.1) is 0 Å². The van der Waals surface area contributed by atoms with E-state index in [1.807, 2.05) is 27.7 Å². The molecule has 1 aromatic rings. The van der Waals surface area contributed by atoms with Gasteiger partial charge in [0, 0.05) is 19.2 Å². The van der Waals surface area contributed by atoms with Crippen LogP contribution in [-0.2, 0) is 11.3 Å². The van der Waals surface area contributed by atoms with Crippen molar-refractivity contribution in [2.75, 3.05) is 11.5 Å². The molecule has 0 bridgehead atoms. The maximum absolute atomic E-state index is 12.4. The second kappa shape index (κ2) is 7.38. The van der Waals surface area contributed by atoms with Crippen molar-refractivity contribution in [3.8, 4) is 0 Å². The van der Waals surface area contributed by atoms with E-state index < -0.39 is 11.7 Å². The Morgan fingerprint density at radius 1 is 1.48 bits per heavy atom. The van der Waals surface area contributed by atoms with Crippen molar-refractivity contribution in [2.24, 2.45) is 5.73 Å². The fraction of sp³-hybridized carbons (Fsp3) is 0.600. The summed E-state index contributed by atoms with van der Waals surface area (Å²) < 4.78 is 5.43. The van der Waals surface area contributed by atoms with Crippen molar-refractivity contribution in [2.45, 2.75) is 52.3 Å². The minimum absolute atomic E-state index is 0.00518. The van der Waals surface area contributed by atoms with Gasteiger partial charge < -0.3 is 15.6 Å². The van der Waals surface area contributed by atoms with Gasteiger partial charge in [0.1, 0.15) is 5.60 Å². The number of ether oxygens (including phenoxy) is 1. The predicted octanol–water partition coefficient (Wildman–Crippen LogP) is 2.05. The molecule has 118 valence electrons. The fourth-order valence-corrected chi connectivity index (χ4v) is 1.85. The SMILES string of the molecule is CC(CCO)N(C(=O)OC(C)(C)C)c1ccc(CN)nc1. The molecule has 0 aliphatic rings. The van der Waals surface area contributed by atoms with Gasteiger partial charge >= 0.3 is 6.09 Å². The molecule has 21 heavy (non-hydrogen) atoms. The lowest BCUT2D eigenvalue weighted by atomic mass is 10.2. The Kier molecular flexibility index (Phi) is 6.11. The van der Waals surface area contributed by atoms with Crippen LogP contribution in [0.4, 0.5) is 10.5 Å². The summed E-state index contributed by atoms with van der Waals surface area (Å²) in [6.07, 6.45) is 1.60. The Balaban J connectivity index is 3.03. The highest BCUT2D eigenvalue weighted by Crippen LogP contribution is 2.21. The number of aromatic nitrogens is 1. The molecule has 1 aromatic heterocycles. The quantitative estimate of drug-likeness (QED) is 0.868. The van der Waals surface area contributed by atoms with Gasteiger partial charge in [-0.1, -0.05) is 0 Å². The topological polar surface area (TPSA) is 88.7 Å². The Morgan fingerprint density at radius 2 is 2.14 bits per heavy atom. The van der Waals surface area contributed by atoms with E-state index in [0.29, 0.717) is 18.7 Å². The van der Waals surface area contributed by atoms with E-state index in [9.17, 15) is 4.79 Å². The molecule has 1 amide bonds. The zero-order valence-corrected chi connectivity index (χ0v) is 13.2. The molecule has 0 aliphatic heterocycles. The lowest BCUT2D eigenvalue weighted by Gasteiger charge is -2.31. The summed E-state index contributed by atoms with van der Waals surface area (Å²) in [5.41, 5.74) is 6.32. The molecule has 0 saturated heterocycles. The Hall–Kier alpha value is -1.66. The molecule has 3 N–H and O–H groups in total. The van der Waals surface area contributed by atoms with Gasteiger partial charge in [-0.25, -0.2) is 4.79 Å². The van der Waals surface area contributed by atoms with Crippen LogP contribution in [0.5, 0.6) is 0 Å². The van der Waals surface area contributed by atoms with Gasteiger partial charge in [-0.2, -0.15) is 0 Å². The van der Waals surface area contributed by atoms with Gasteiger partial charge in [-0.3, -0.25) is 9.88 Å². The molecule has 0 spiro atoms. The maximum Gasteiger partial charge on any atom is 0.415 e. The van der Waals surface area contributed by atoms with Crippen LogP contribution in [0, 0.1) is 0 Å². The first-order chi connectivity index (χ1) is 9.78. The number of hydrogen-bond acceptors (Lipinski definition) is 5. The molecule has 0 saturated carbocycles. The van der Waals surface area contributed by atoms with Gasteiger partial charge in [-0.05, 0) is 46.2 Å². The summed E-state index contributed by atoms with van der Waals surface area (Å²) in [4.78, 5) is 18.1. The normalized spacial score (nSPS) is 12.9. The lowest BCUT2D eigenvalue weighted by molar-refractivity contribution is 0.0564. The lowest BCUT2D eigenvalue weighted by Crippen LogP contribution is -2.42.